The van der Waals surface area contributed by atoms with Crippen molar-refractivity contribution in [1.29, 1.82) is 0 Å². The lowest BCUT2D eigenvalue weighted by atomic mass is 9.78. The number of pyridine rings is 1. The van der Waals surface area contributed by atoms with Crippen LogP contribution in [0.1, 0.15) is 41.8 Å². The van der Waals surface area contributed by atoms with E-state index in [1.807, 2.05) is 13.0 Å². The number of carbonyl (C=O) groups is 1. The number of carbonyl (C=O) groups excluding carboxylic acids is 1. The Morgan fingerprint density at radius 1 is 1.18 bits per heavy atom. The third-order valence-electron chi connectivity index (χ3n) is 7.02. The largest absolute Gasteiger partial charge is 0.416 e. The van der Waals surface area contributed by atoms with Gasteiger partial charge in [-0.25, -0.2) is 4.98 Å². The van der Waals surface area contributed by atoms with Crippen molar-refractivity contribution in [2.75, 3.05) is 29.9 Å². The highest BCUT2D eigenvalue weighted by Gasteiger charge is 2.52. The molecule has 0 bridgehead atoms. The monoisotopic (exact) mass is 470 g/mol. The van der Waals surface area contributed by atoms with E-state index in [0.29, 0.717) is 36.7 Å². The Morgan fingerprint density at radius 2 is 1.94 bits per heavy atom. The van der Waals surface area contributed by atoms with Crippen LogP contribution in [0.15, 0.2) is 30.5 Å². The second-order valence-electron chi connectivity index (χ2n) is 9.25. The highest BCUT2D eigenvalue weighted by atomic mass is 19.4. The van der Waals surface area contributed by atoms with Crippen molar-refractivity contribution in [3.63, 3.8) is 0 Å². The van der Waals surface area contributed by atoms with Crippen molar-refractivity contribution >= 4 is 28.3 Å². The fourth-order valence-electron chi connectivity index (χ4n) is 5.02. The van der Waals surface area contributed by atoms with Crippen molar-refractivity contribution in [3.05, 3.63) is 52.8 Å². The van der Waals surface area contributed by atoms with Crippen molar-refractivity contribution in [2.24, 2.45) is 5.41 Å². The molecule has 3 aromatic rings. The van der Waals surface area contributed by atoms with Crippen LogP contribution in [-0.2, 0) is 11.0 Å². The lowest BCUT2D eigenvalue weighted by molar-refractivity contribution is -0.138. The number of halogens is 3. The maximum atomic E-state index is 13.4. The minimum atomic E-state index is -4.42. The van der Waals surface area contributed by atoms with Gasteiger partial charge in [-0.3, -0.25) is 4.79 Å². The molecule has 1 atom stereocenters. The molecule has 2 aromatic heterocycles. The average Bonchev–Trinajstić information content (AvgIpc) is 3.15. The molecule has 2 aliphatic heterocycles. The van der Waals surface area contributed by atoms with Crippen LogP contribution in [0.2, 0.25) is 0 Å². The number of nitrogens with zero attached hydrogens (tertiary/aromatic N) is 4. The Kier molecular flexibility index (Phi) is 5.14. The molecule has 7 nitrogen and oxygen atoms in total. The standard InChI is InChI=1S/C24H25F3N6O/c1-13-16(5-4-6-19(13)24(25,26)27)14(2)30-21-17-9-20(29-10-18(17)15(3)31-32-21)33-11-23(12-33)7-8-28-22(23)34/h4-6,9-10,14H,7-8,11-12H2,1-3H3,(H,28,34)(H,30,32)/t14-/m1/s1. The van der Waals surface area contributed by atoms with E-state index in [0.717, 1.165) is 29.1 Å². The predicted molar refractivity (Wildman–Crippen MR) is 123 cm³/mol. The van der Waals surface area contributed by atoms with Crippen LogP contribution in [0.4, 0.5) is 24.8 Å². The molecule has 2 saturated heterocycles. The van der Waals surface area contributed by atoms with Crippen LogP contribution in [-0.4, -0.2) is 40.7 Å². The molecule has 2 N–H and O–H groups in total. The summed E-state index contributed by atoms with van der Waals surface area (Å²) in [6.07, 6.45) is -1.86. The summed E-state index contributed by atoms with van der Waals surface area (Å²) in [5.74, 6) is 1.30. The number of hydrogen-bond acceptors (Lipinski definition) is 6. The minimum absolute atomic E-state index is 0.0962. The molecule has 0 unspecified atom stereocenters. The van der Waals surface area contributed by atoms with E-state index in [9.17, 15) is 18.0 Å². The van der Waals surface area contributed by atoms with Crippen molar-refractivity contribution in [2.45, 2.75) is 39.4 Å². The smallest absolute Gasteiger partial charge is 0.362 e. The van der Waals surface area contributed by atoms with Crippen LogP contribution in [0.3, 0.4) is 0 Å². The number of fused-ring (bicyclic) bond motifs is 1. The predicted octanol–water partition coefficient (Wildman–Crippen LogP) is 4.16. The fourth-order valence-corrected chi connectivity index (χ4v) is 5.02. The molecule has 5 rings (SSSR count). The van der Waals surface area contributed by atoms with Gasteiger partial charge in [0.1, 0.15) is 5.82 Å². The summed E-state index contributed by atoms with van der Waals surface area (Å²) in [5.41, 5.74) is 0.448. The van der Waals surface area contributed by atoms with Gasteiger partial charge in [-0.1, -0.05) is 12.1 Å². The van der Waals surface area contributed by atoms with Crippen LogP contribution < -0.4 is 15.5 Å². The Hall–Kier alpha value is -3.43. The van der Waals surface area contributed by atoms with Crippen LogP contribution in [0.25, 0.3) is 10.8 Å². The van der Waals surface area contributed by atoms with Crippen molar-refractivity contribution in [3.8, 4) is 0 Å². The highest BCUT2D eigenvalue weighted by Crippen LogP contribution is 2.40. The summed E-state index contributed by atoms with van der Waals surface area (Å²) in [5, 5.41) is 16.3. The van der Waals surface area contributed by atoms with Gasteiger partial charge >= 0.3 is 6.18 Å². The summed E-state index contributed by atoms with van der Waals surface area (Å²) >= 11 is 0. The molecular formula is C24H25F3N6O. The molecule has 1 spiro atoms. The zero-order chi connectivity index (χ0) is 24.3. The van der Waals surface area contributed by atoms with Gasteiger partial charge in [-0.05, 0) is 50.5 Å². The van der Waals surface area contributed by atoms with E-state index in [-0.39, 0.29) is 16.9 Å². The first-order valence-corrected chi connectivity index (χ1v) is 11.2. The third kappa shape index (κ3) is 3.61. The van der Waals surface area contributed by atoms with Gasteiger partial charge in [0.15, 0.2) is 5.82 Å². The van der Waals surface area contributed by atoms with Gasteiger partial charge in [-0.15, -0.1) is 5.10 Å². The molecule has 2 aliphatic rings. The van der Waals surface area contributed by atoms with Crippen LogP contribution in [0, 0.1) is 19.3 Å². The van der Waals surface area contributed by atoms with E-state index < -0.39 is 17.8 Å². The zero-order valence-electron chi connectivity index (χ0n) is 19.1. The maximum absolute atomic E-state index is 13.4. The number of anilines is 2. The molecule has 1 aromatic carbocycles. The van der Waals surface area contributed by atoms with Gasteiger partial charge in [0.2, 0.25) is 5.91 Å². The van der Waals surface area contributed by atoms with Crippen LogP contribution >= 0.6 is 0 Å². The highest BCUT2D eigenvalue weighted by molar-refractivity contribution is 5.95. The molecule has 0 aliphatic carbocycles. The normalized spacial score (nSPS) is 18.2. The van der Waals surface area contributed by atoms with Gasteiger partial charge in [0, 0.05) is 36.6 Å². The van der Waals surface area contributed by atoms with Crippen LogP contribution in [0.5, 0.6) is 0 Å². The van der Waals surface area contributed by atoms with E-state index in [4.69, 9.17) is 0 Å². The summed E-state index contributed by atoms with van der Waals surface area (Å²) in [6, 6.07) is 5.67. The van der Waals surface area contributed by atoms with Crippen molar-refractivity contribution < 1.29 is 18.0 Å². The lowest BCUT2D eigenvalue weighted by Crippen LogP contribution is -2.60. The average molecular weight is 470 g/mol. The van der Waals surface area contributed by atoms with Crippen molar-refractivity contribution in [1.82, 2.24) is 20.5 Å². The number of nitrogens with one attached hydrogen (secondary N) is 2. The Bertz CT molecular complexity index is 1290. The molecule has 2 fully saturated rings. The van der Waals surface area contributed by atoms with E-state index in [1.165, 1.54) is 13.0 Å². The molecule has 34 heavy (non-hydrogen) atoms. The summed E-state index contributed by atoms with van der Waals surface area (Å²) in [7, 11) is 0. The zero-order valence-corrected chi connectivity index (χ0v) is 19.1. The SMILES string of the molecule is Cc1c([C@@H](C)Nc2nnc(C)c3cnc(N4CC5(CCNC5=O)C4)cc23)cccc1C(F)(F)F. The molecule has 1 amide bonds. The Labute approximate surface area is 194 Å². The molecule has 0 radical (unpaired) electrons. The third-order valence-corrected chi connectivity index (χ3v) is 7.02. The van der Waals surface area contributed by atoms with Gasteiger partial charge in [0.05, 0.1) is 22.7 Å². The Morgan fingerprint density at radius 3 is 2.62 bits per heavy atom. The number of rotatable bonds is 4. The fraction of sp³-hybridized carbons (Fsp3) is 0.417. The molecule has 10 heteroatoms. The molecular weight excluding hydrogens is 445 g/mol. The second-order valence-corrected chi connectivity index (χ2v) is 9.25. The number of alkyl halides is 3. The first-order valence-electron chi connectivity index (χ1n) is 11.2. The quantitative estimate of drug-likeness (QED) is 0.596. The Balaban J connectivity index is 1.45. The van der Waals surface area contributed by atoms with Gasteiger partial charge in [0.25, 0.3) is 0 Å². The van der Waals surface area contributed by atoms with Gasteiger partial charge in [-0.2, -0.15) is 18.3 Å². The summed E-state index contributed by atoms with van der Waals surface area (Å²) in [6.45, 7) is 7.04. The number of benzene rings is 1. The first-order chi connectivity index (χ1) is 16.1. The summed E-state index contributed by atoms with van der Waals surface area (Å²) in [4.78, 5) is 18.8. The van der Waals surface area contributed by atoms with Gasteiger partial charge < -0.3 is 15.5 Å². The van der Waals surface area contributed by atoms with E-state index in [2.05, 4.69) is 30.7 Å². The molecule has 178 valence electrons. The van der Waals surface area contributed by atoms with E-state index >= 15 is 0 Å². The summed E-state index contributed by atoms with van der Waals surface area (Å²) < 4.78 is 40.2. The van der Waals surface area contributed by atoms with E-state index in [1.54, 1.807) is 19.2 Å². The number of aryl methyl sites for hydroxylation is 1. The molecule has 0 saturated carbocycles. The minimum Gasteiger partial charge on any atom is -0.362 e. The number of hydrogen-bond donors (Lipinski definition) is 2. The topological polar surface area (TPSA) is 83.0 Å². The molecule has 4 heterocycles. The maximum Gasteiger partial charge on any atom is 0.416 e. The lowest BCUT2D eigenvalue weighted by Gasteiger charge is -2.46. The number of aromatic nitrogens is 3. The second kappa shape index (κ2) is 7.82. The number of amides is 1. The first kappa shape index (κ1) is 22.4.